The number of unbranched alkanes of at least 4 members (excludes halogenated alkanes) is 17. The largest absolute Gasteiger partial charge is 0.394 e. The average molecular weight is 816 g/mol. The highest BCUT2D eigenvalue weighted by Crippen LogP contribution is 2.22. The molecule has 7 unspecified atom stereocenters. The Morgan fingerprint density at radius 2 is 1.07 bits per heavy atom. The number of hydrogen-bond acceptors (Lipinski definition) is 8. The molecule has 0 aromatic rings. The number of aliphatic hydroxyl groups excluding tert-OH is 5. The molecule has 0 saturated carbocycles. The van der Waals surface area contributed by atoms with E-state index >= 15 is 0 Å². The molecule has 0 aliphatic carbocycles. The standard InChI is InChI=1S/C49H85NO8/c1-3-5-7-9-11-13-15-17-19-20-21-22-23-24-25-27-29-31-33-35-37-39-45(53)50-42(41-57-49-48(56)47(55)46(54)44(40-51)58-49)43(52)38-36-34-32-30-28-26-18-16-14-12-10-8-6-4-2/h5,7,11,13,17,19,21-22,24-25,36,38,42-44,46-49,51-52,54-56H,3-4,6,8-10,12,14-16,18,20,23,26-35,37,39-41H2,1-2H3,(H,50,53)/b7-5-,13-11-,19-17-,22-21-,25-24-,38-36+. The Kier molecular flexibility index (Phi) is 35.9. The summed E-state index contributed by atoms with van der Waals surface area (Å²) in [5, 5.41) is 54.2. The smallest absolute Gasteiger partial charge is 0.220 e. The van der Waals surface area contributed by atoms with Gasteiger partial charge in [-0.3, -0.25) is 4.79 Å². The second-order valence-corrected chi connectivity index (χ2v) is 15.8. The van der Waals surface area contributed by atoms with Gasteiger partial charge in [0.1, 0.15) is 24.4 Å². The van der Waals surface area contributed by atoms with Crippen molar-refractivity contribution >= 4 is 5.91 Å². The van der Waals surface area contributed by atoms with Gasteiger partial charge in [0.05, 0.1) is 25.4 Å². The minimum absolute atomic E-state index is 0.199. The molecule has 0 radical (unpaired) electrons. The van der Waals surface area contributed by atoms with E-state index in [0.717, 1.165) is 89.9 Å². The van der Waals surface area contributed by atoms with Crippen molar-refractivity contribution in [3.8, 4) is 0 Å². The van der Waals surface area contributed by atoms with Crippen LogP contribution < -0.4 is 5.32 Å². The predicted molar refractivity (Wildman–Crippen MR) is 239 cm³/mol. The quantitative estimate of drug-likeness (QED) is 0.0268. The number of carbonyl (C=O) groups is 1. The van der Waals surface area contributed by atoms with Gasteiger partial charge in [-0.25, -0.2) is 0 Å². The molecule has 0 aromatic heterocycles. The van der Waals surface area contributed by atoms with Crippen LogP contribution in [0.4, 0.5) is 0 Å². The number of carbonyl (C=O) groups excluding carboxylic acids is 1. The summed E-state index contributed by atoms with van der Waals surface area (Å²) in [5.74, 6) is -0.199. The van der Waals surface area contributed by atoms with Crippen molar-refractivity contribution < 1.29 is 39.8 Å². The first kappa shape index (κ1) is 53.6. The van der Waals surface area contributed by atoms with Crippen molar-refractivity contribution in [1.29, 1.82) is 0 Å². The predicted octanol–water partition coefficient (Wildman–Crippen LogP) is 9.78. The Morgan fingerprint density at radius 1 is 0.603 bits per heavy atom. The summed E-state index contributed by atoms with van der Waals surface area (Å²) < 4.78 is 11.2. The van der Waals surface area contributed by atoms with Crippen LogP contribution in [0.1, 0.15) is 174 Å². The molecular weight excluding hydrogens is 731 g/mol. The van der Waals surface area contributed by atoms with Gasteiger partial charge < -0.3 is 40.3 Å². The van der Waals surface area contributed by atoms with Gasteiger partial charge >= 0.3 is 0 Å². The topological polar surface area (TPSA) is 149 Å². The number of ether oxygens (including phenoxy) is 2. The molecule has 1 saturated heterocycles. The third-order valence-corrected chi connectivity index (χ3v) is 10.5. The molecule has 1 heterocycles. The van der Waals surface area contributed by atoms with E-state index in [2.05, 4.69) is 79.9 Å². The van der Waals surface area contributed by atoms with Crippen molar-refractivity contribution in [3.05, 3.63) is 72.9 Å². The van der Waals surface area contributed by atoms with Crippen LogP contribution in [-0.2, 0) is 14.3 Å². The lowest BCUT2D eigenvalue weighted by atomic mass is 9.99. The van der Waals surface area contributed by atoms with E-state index in [4.69, 9.17) is 9.47 Å². The van der Waals surface area contributed by atoms with Crippen LogP contribution in [-0.4, -0.2) is 87.5 Å². The van der Waals surface area contributed by atoms with E-state index in [1.54, 1.807) is 6.08 Å². The summed E-state index contributed by atoms with van der Waals surface area (Å²) in [7, 11) is 0. The van der Waals surface area contributed by atoms with E-state index in [1.165, 1.54) is 64.2 Å². The van der Waals surface area contributed by atoms with E-state index in [1.807, 2.05) is 6.08 Å². The van der Waals surface area contributed by atoms with Gasteiger partial charge in [0, 0.05) is 6.42 Å². The maximum absolute atomic E-state index is 13.0. The maximum atomic E-state index is 13.0. The number of nitrogens with one attached hydrogen (secondary N) is 1. The fourth-order valence-corrected chi connectivity index (χ4v) is 6.83. The molecule has 0 aromatic carbocycles. The fourth-order valence-electron chi connectivity index (χ4n) is 6.83. The first-order valence-electron chi connectivity index (χ1n) is 23.2. The maximum Gasteiger partial charge on any atom is 0.220 e. The van der Waals surface area contributed by atoms with Crippen LogP contribution in [0.15, 0.2) is 72.9 Å². The molecule has 0 bridgehead atoms. The number of hydrogen-bond donors (Lipinski definition) is 6. The van der Waals surface area contributed by atoms with Gasteiger partial charge in [-0.15, -0.1) is 0 Å². The van der Waals surface area contributed by atoms with Gasteiger partial charge in [0.2, 0.25) is 5.91 Å². The summed E-state index contributed by atoms with van der Waals surface area (Å²) >= 11 is 0. The van der Waals surface area contributed by atoms with Crippen LogP contribution in [0.25, 0.3) is 0 Å². The van der Waals surface area contributed by atoms with E-state index < -0.39 is 49.5 Å². The first-order chi connectivity index (χ1) is 28.3. The molecule has 58 heavy (non-hydrogen) atoms. The van der Waals surface area contributed by atoms with Crippen molar-refractivity contribution in [2.45, 2.75) is 217 Å². The summed E-state index contributed by atoms with van der Waals surface area (Å²) in [6.07, 6.45) is 45.1. The molecule has 1 amide bonds. The van der Waals surface area contributed by atoms with Gasteiger partial charge in [0.15, 0.2) is 6.29 Å². The highest BCUT2D eigenvalue weighted by atomic mass is 16.7. The van der Waals surface area contributed by atoms with Gasteiger partial charge in [-0.2, -0.15) is 0 Å². The van der Waals surface area contributed by atoms with E-state index in [0.29, 0.717) is 6.42 Å². The van der Waals surface area contributed by atoms with Crippen LogP contribution >= 0.6 is 0 Å². The summed E-state index contributed by atoms with van der Waals surface area (Å²) in [6, 6.07) is -0.818. The molecule has 1 aliphatic rings. The first-order valence-corrected chi connectivity index (χ1v) is 23.2. The second-order valence-electron chi connectivity index (χ2n) is 15.8. The zero-order chi connectivity index (χ0) is 42.3. The van der Waals surface area contributed by atoms with Crippen LogP contribution in [0, 0.1) is 0 Å². The lowest BCUT2D eigenvalue weighted by Gasteiger charge is -2.40. The molecule has 9 nitrogen and oxygen atoms in total. The Morgan fingerprint density at radius 3 is 1.59 bits per heavy atom. The fraction of sp³-hybridized carbons (Fsp3) is 0.735. The number of amides is 1. The van der Waals surface area contributed by atoms with Gasteiger partial charge in [-0.05, 0) is 64.2 Å². The Labute approximate surface area is 353 Å². The monoisotopic (exact) mass is 816 g/mol. The minimum atomic E-state index is -1.57. The number of rotatable bonds is 37. The van der Waals surface area contributed by atoms with Crippen molar-refractivity contribution in [3.63, 3.8) is 0 Å². The zero-order valence-corrected chi connectivity index (χ0v) is 36.5. The highest BCUT2D eigenvalue weighted by molar-refractivity contribution is 5.76. The molecule has 334 valence electrons. The molecule has 7 atom stereocenters. The van der Waals surface area contributed by atoms with Crippen molar-refractivity contribution in [2.75, 3.05) is 13.2 Å². The summed E-state index contributed by atoms with van der Waals surface area (Å²) in [5.41, 5.74) is 0. The van der Waals surface area contributed by atoms with E-state index in [-0.39, 0.29) is 12.5 Å². The lowest BCUT2D eigenvalue weighted by molar-refractivity contribution is -0.302. The number of aliphatic hydroxyl groups is 5. The second kappa shape index (κ2) is 38.8. The Hall–Kier alpha value is -2.37. The molecule has 1 fully saturated rings. The normalized spacial score (nSPS) is 21.5. The highest BCUT2D eigenvalue weighted by Gasteiger charge is 2.44. The third kappa shape index (κ3) is 29.0. The third-order valence-electron chi connectivity index (χ3n) is 10.5. The van der Waals surface area contributed by atoms with Crippen molar-refractivity contribution in [1.82, 2.24) is 5.32 Å². The van der Waals surface area contributed by atoms with E-state index in [9.17, 15) is 30.3 Å². The molecule has 1 rings (SSSR count). The summed E-state index contributed by atoms with van der Waals surface area (Å²) in [4.78, 5) is 13.0. The Bertz CT molecular complexity index is 1130. The minimum Gasteiger partial charge on any atom is -0.394 e. The molecule has 0 spiro atoms. The SMILES string of the molecule is CC/C=C\C/C=C\C/C=C\C/C=C\C/C=C\CCCCCCCC(=O)NC(COC1OC(CO)C(O)C(O)C1O)C(O)/C=C/CCCCCCCCCCCCCC. The summed E-state index contributed by atoms with van der Waals surface area (Å²) in [6.45, 7) is 3.63. The Balaban J connectivity index is 2.37. The zero-order valence-electron chi connectivity index (χ0n) is 36.5. The molecule has 1 aliphatic heterocycles. The van der Waals surface area contributed by atoms with Crippen LogP contribution in [0.5, 0.6) is 0 Å². The van der Waals surface area contributed by atoms with Crippen molar-refractivity contribution in [2.24, 2.45) is 0 Å². The number of allylic oxidation sites excluding steroid dienone is 11. The average Bonchev–Trinajstić information content (AvgIpc) is 3.22. The molecule has 9 heteroatoms. The van der Waals surface area contributed by atoms with Crippen LogP contribution in [0.3, 0.4) is 0 Å². The van der Waals surface area contributed by atoms with Crippen LogP contribution in [0.2, 0.25) is 0 Å². The van der Waals surface area contributed by atoms with Gasteiger partial charge in [0.25, 0.3) is 0 Å². The molecular formula is C49H85NO8. The lowest BCUT2D eigenvalue weighted by Crippen LogP contribution is -2.60. The van der Waals surface area contributed by atoms with Gasteiger partial charge in [-0.1, -0.05) is 177 Å². The molecule has 6 N–H and O–H groups in total.